The second-order valence-electron chi connectivity index (χ2n) is 2.94. The molecule has 1 aromatic rings. The largest absolute Gasteiger partial charge is 0.396 e. The van der Waals surface area contributed by atoms with Gasteiger partial charge in [-0.15, -0.1) is 0 Å². The van der Waals surface area contributed by atoms with E-state index >= 15 is 0 Å². The summed E-state index contributed by atoms with van der Waals surface area (Å²) in [5, 5.41) is 26.5. The van der Waals surface area contributed by atoms with E-state index in [9.17, 15) is 0 Å². The van der Waals surface area contributed by atoms with Crippen molar-refractivity contribution in [3.05, 3.63) is 35.9 Å². The first-order chi connectivity index (χ1) is 6.83. The topological polar surface area (TPSA) is 67.8 Å². The summed E-state index contributed by atoms with van der Waals surface area (Å²) in [5.74, 6) is -1.20. The number of aliphatic hydroxyl groups is 1. The molecular weight excluding hydrogens is 176 g/mol. The molecule has 1 rings (SSSR count). The fourth-order valence-electron chi connectivity index (χ4n) is 1.31. The first-order valence-electron chi connectivity index (χ1n) is 4.28. The number of benzene rings is 1. The third-order valence-corrected chi connectivity index (χ3v) is 2.10. The number of hydrogen-bond donors (Lipinski definition) is 1. The number of aliphatic hydroxyl groups excluding tert-OH is 1. The molecule has 0 bridgehead atoms. The summed E-state index contributed by atoms with van der Waals surface area (Å²) in [6.07, 6.45) is 0. The molecule has 1 atom stereocenters. The smallest absolute Gasteiger partial charge is 0.142 e. The van der Waals surface area contributed by atoms with Crippen molar-refractivity contribution in [3.63, 3.8) is 0 Å². The lowest BCUT2D eigenvalue weighted by molar-refractivity contribution is 0.254. The Labute approximate surface area is 82.8 Å². The van der Waals surface area contributed by atoms with Gasteiger partial charge >= 0.3 is 0 Å². The molecule has 0 spiro atoms. The molecule has 1 N–H and O–H groups in total. The summed E-state index contributed by atoms with van der Waals surface area (Å²) < 4.78 is 0. The molecule has 70 valence electrons. The molecule has 0 radical (unpaired) electrons. The van der Waals surface area contributed by atoms with Crippen LogP contribution in [-0.2, 0) is 0 Å². The normalized spacial score (nSPS) is 11.7. The van der Waals surface area contributed by atoms with Gasteiger partial charge in [0.25, 0.3) is 0 Å². The fourth-order valence-corrected chi connectivity index (χ4v) is 1.31. The van der Waals surface area contributed by atoms with Crippen molar-refractivity contribution < 1.29 is 5.11 Å². The van der Waals surface area contributed by atoms with Crippen molar-refractivity contribution >= 4 is 0 Å². The first-order valence-corrected chi connectivity index (χ1v) is 4.28. The molecule has 14 heavy (non-hydrogen) atoms. The summed E-state index contributed by atoms with van der Waals surface area (Å²) in [6.45, 7) is -0.185. The van der Waals surface area contributed by atoms with Gasteiger partial charge in [0.15, 0.2) is 0 Å². The van der Waals surface area contributed by atoms with Crippen LogP contribution in [0.2, 0.25) is 0 Å². The lowest BCUT2D eigenvalue weighted by Crippen LogP contribution is -2.13. The predicted octanol–water partition coefficient (Wildman–Crippen LogP) is 1.43. The number of rotatable bonds is 3. The summed E-state index contributed by atoms with van der Waals surface area (Å²) in [6, 6.07) is 12.9. The molecule has 0 unspecified atom stereocenters. The van der Waals surface area contributed by atoms with Gasteiger partial charge in [0.1, 0.15) is 5.92 Å². The van der Waals surface area contributed by atoms with E-state index in [2.05, 4.69) is 0 Å². The molecule has 0 saturated carbocycles. The lowest BCUT2D eigenvalue weighted by Gasteiger charge is -2.14. The molecular formula is C11H10N2O. The van der Waals surface area contributed by atoms with Gasteiger partial charge in [-0.2, -0.15) is 10.5 Å². The number of nitrogens with zero attached hydrogens (tertiary/aromatic N) is 2. The Hall–Kier alpha value is -1.84. The number of hydrogen-bond acceptors (Lipinski definition) is 3. The maximum absolute atomic E-state index is 9.11. The quantitative estimate of drug-likeness (QED) is 0.776. The molecule has 0 saturated heterocycles. The Morgan fingerprint density at radius 2 is 1.71 bits per heavy atom. The fraction of sp³-hybridized carbons (Fsp3) is 0.273. The van der Waals surface area contributed by atoms with E-state index in [-0.39, 0.29) is 6.61 Å². The molecule has 0 aliphatic carbocycles. The molecule has 0 fully saturated rings. The number of nitriles is 2. The highest BCUT2D eigenvalue weighted by molar-refractivity contribution is 5.25. The molecule has 0 heterocycles. The van der Waals surface area contributed by atoms with E-state index in [0.29, 0.717) is 0 Å². The molecule has 0 aliphatic heterocycles. The minimum Gasteiger partial charge on any atom is -0.396 e. The van der Waals surface area contributed by atoms with Crippen molar-refractivity contribution in [2.45, 2.75) is 5.92 Å². The van der Waals surface area contributed by atoms with Crippen molar-refractivity contribution in [2.24, 2.45) is 5.92 Å². The zero-order chi connectivity index (χ0) is 10.4. The van der Waals surface area contributed by atoms with Crippen molar-refractivity contribution in [2.75, 3.05) is 6.61 Å². The van der Waals surface area contributed by atoms with E-state index in [1.165, 1.54) is 0 Å². The standard InChI is InChI=1S/C11H10N2O/c12-6-10(7-13)11(8-14)9-4-2-1-3-5-9/h1-5,10-11,14H,8H2/t11-/m1/s1. The van der Waals surface area contributed by atoms with E-state index < -0.39 is 11.8 Å². The summed E-state index contributed by atoms with van der Waals surface area (Å²) in [5.41, 5.74) is 0.822. The Kier molecular flexibility index (Phi) is 3.67. The van der Waals surface area contributed by atoms with Crippen LogP contribution in [0, 0.1) is 28.6 Å². The van der Waals surface area contributed by atoms with E-state index in [1.54, 1.807) is 0 Å². The van der Waals surface area contributed by atoms with Crippen molar-refractivity contribution in [3.8, 4) is 12.1 Å². The van der Waals surface area contributed by atoms with Crippen LogP contribution in [0.3, 0.4) is 0 Å². The highest BCUT2D eigenvalue weighted by Crippen LogP contribution is 2.22. The molecule has 0 amide bonds. The zero-order valence-electron chi connectivity index (χ0n) is 7.59. The average Bonchev–Trinajstić information content (AvgIpc) is 2.27. The minimum atomic E-state index is -0.789. The molecule has 3 nitrogen and oxygen atoms in total. The van der Waals surface area contributed by atoms with Crippen LogP contribution in [0.4, 0.5) is 0 Å². The Balaban J connectivity index is 2.95. The van der Waals surface area contributed by atoms with Gasteiger partial charge in [-0.25, -0.2) is 0 Å². The first kappa shape index (κ1) is 10.2. The van der Waals surface area contributed by atoms with Crippen molar-refractivity contribution in [1.29, 1.82) is 10.5 Å². The van der Waals surface area contributed by atoms with E-state index in [0.717, 1.165) is 5.56 Å². The third-order valence-electron chi connectivity index (χ3n) is 2.10. The van der Waals surface area contributed by atoms with Crippen LogP contribution in [0.1, 0.15) is 11.5 Å². The van der Waals surface area contributed by atoms with Gasteiger partial charge in [-0.3, -0.25) is 0 Å². The second kappa shape index (κ2) is 5.01. The SMILES string of the molecule is N#CC(C#N)[C@H](CO)c1ccccc1. The Morgan fingerprint density at radius 3 is 2.14 bits per heavy atom. The highest BCUT2D eigenvalue weighted by Gasteiger charge is 2.21. The highest BCUT2D eigenvalue weighted by atomic mass is 16.3. The van der Waals surface area contributed by atoms with Crippen LogP contribution in [-0.4, -0.2) is 11.7 Å². The van der Waals surface area contributed by atoms with Gasteiger partial charge in [-0.1, -0.05) is 30.3 Å². The maximum atomic E-state index is 9.11. The average molecular weight is 186 g/mol. The van der Waals surface area contributed by atoms with Crippen molar-refractivity contribution in [1.82, 2.24) is 0 Å². The van der Waals surface area contributed by atoms with Crippen LogP contribution in [0.5, 0.6) is 0 Å². The van der Waals surface area contributed by atoms with Crippen LogP contribution < -0.4 is 0 Å². The van der Waals surface area contributed by atoms with Gasteiger partial charge < -0.3 is 5.11 Å². The van der Waals surface area contributed by atoms with Gasteiger partial charge in [0, 0.05) is 5.92 Å². The molecule has 0 aliphatic rings. The van der Waals surface area contributed by atoms with Crippen LogP contribution in [0.25, 0.3) is 0 Å². The van der Waals surface area contributed by atoms with E-state index in [4.69, 9.17) is 15.6 Å². The monoisotopic (exact) mass is 186 g/mol. The van der Waals surface area contributed by atoms with Crippen LogP contribution >= 0.6 is 0 Å². The Bertz CT molecular complexity index is 347. The van der Waals surface area contributed by atoms with Crippen LogP contribution in [0.15, 0.2) is 30.3 Å². The lowest BCUT2D eigenvalue weighted by atomic mass is 9.88. The predicted molar refractivity (Wildman–Crippen MR) is 51.0 cm³/mol. The summed E-state index contributed by atoms with van der Waals surface area (Å²) in [4.78, 5) is 0. The molecule has 0 aromatic heterocycles. The summed E-state index contributed by atoms with van der Waals surface area (Å²) in [7, 11) is 0. The molecule has 3 heteroatoms. The van der Waals surface area contributed by atoms with Gasteiger partial charge in [0.2, 0.25) is 0 Å². The third kappa shape index (κ3) is 2.10. The molecule has 1 aromatic carbocycles. The van der Waals surface area contributed by atoms with Gasteiger partial charge in [0.05, 0.1) is 18.7 Å². The van der Waals surface area contributed by atoms with E-state index in [1.807, 2.05) is 42.5 Å². The maximum Gasteiger partial charge on any atom is 0.142 e. The minimum absolute atomic E-state index is 0.185. The zero-order valence-corrected chi connectivity index (χ0v) is 7.59. The second-order valence-corrected chi connectivity index (χ2v) is 2.94. The Morgan fingerprint density at radius 1 is 1.14 bits per heavy atom. The van der Waals surface area contributed by atoms with Gasteiger partial charge in [-0.05, 0) is 5.56 Å². The summed E-state index contributed by atoms with van der Waals surface area (Å²) >= 11 is 0.